The fourth-order valence-corrected chi connectivity index (χ4v) is 2.29. The highest BCUT2D eigenvalue weighted by Gasteiger charge is 2.30. The summed E-state index contributed by atoms with van der Waals surface area (Å²) in [5.74, 6) is 0.138. The number of rotatable bonds is 3. The second kappa shape index (κ2) is 5.37. The summed E-state index contributed by atoms with van der Waals surface area (Å²) in [6, 6.07) is 1.89. The minimum atomic E-state index is 0.0469. The van der Waals surface area contributed by atoms with E-state index >= 15 is 0 Å². The Morgan fingerprint density at radius 3 is 3.17 bits per heavy atom. The van der Waals surface area contributed by atoms with Crippen LogP contribution in [0.2, 0.25) is 0 Å². The maximum Gasteiger partial charge on any atom is 0.227 e. The van der Waals surface area contributed by atoms with Crippen molar-refractivity contribution in [2.45, 2.75) is 13.3 Å². The molecule has 2 rings (SSSR count). The first-order valence-electron chi connectivity index (χ1n) is 5.55. The zero-order valence-corrected chi connectivity index (χ0v) is 11.5. The molecule has 1 amide bonds. The molecule has 2 heterocycles. The van der Waals surface area contributed by atoms with Gasteiger partial charge >= 0.3 is 0 Å². The van der Waals surface area contributed by atoms with Crippen LogP contribution in [0.25, 0.3) is 10.4 Å². The highest BCUT2D eigenvalue weighted by molar-refractivity contribution is 9.10. The van der Waals surface area contributed by atoms with Gasteiger partial charge in [-0.05, 0) is 40.4 Å². The van der Waals surface area contributed by atoms with E-state index in [1.54, 1.807) is 11.1 Å². The summed E-state index contributed by atoms with van der Waals surface area (Å²) in [5, 5.41) is 3.52. The minimum Gasteiger partial charge on any atom is -0.311 e. The fourth-order valence-electron chi connectivity index (χ4n) is 1.95. The lowest BCUT2D eigenvalue weighted by Crippen LogP contribution is -2.25. The molecule has 0 saturated carbocycles. The van der Waals surface area contributed by atoms with Gasteiger partial charge in [0.15, 0.2) is 0 Å². The molecule has 1 aromatic heterocycles. The van der Waals surface area contributed by atoms with E-state index in [1.807, 2.05) is 13.0 Å². The van der Waals surface area contributed by atoms with Crippen molar-refractivity contribution < 1.29 is 4.79 Å². The number of azide groups is 1. The molecule has 18 heavy (non-hydrogen) atoms. The standard InChI is InChI=1S/C11H12BrN5O/c1-7-10(12)3-9(5-14-7)17-6-8(2-11(17)18)4-15-16-13/h3,5,8H,2,4,6H2,1H3. The predicted octanol–water partition coefficient (Wildman–Crippen LogP) is 2.82. The third-order valence-corrected chi connectivity index (χ3v) is 3.73. The van der Waals surface area contributed by atoms with Gasteiger partial charge in [-0.25, -0.2) is 0 Å². The highest BCUT2D eigenvalue weighted by atomic mass is 79.9. The summed E-state index contributed by atoms with van der Waals surface area (Å²) in [6.07, 6.45) is 2.11. The molecule has 7 heteroatoms. The predicted molar refractivity (Wildman–Crippen MR) is 71.1 cm³/mol. The Hall–Kier alpha value is -1.59. The van der Waals surface area contributed by atoms with Crippen LogP contribution < -0.4 is 4.90 Å². The number of aryl methyl sites for hydroxylation is 1. The number of hydrogen-bond acceptors (Lipinski definition) is 3. The second-order valence-electron chi connectivity index (χ2n) is 4.25. The second-order valence-corrected chi connectivity index (χ2v) is 5.10. The molecule has 1 fully saturated rings. The molecule has 6 nitrogen and oxygen atoms in total. The maximum atomic E-state index is 11.9. The normalized spacial score (nSPS) is 18.9. The van der Waals surface area contributed by atoms with Crippen molar-refractivity contribution in [3.05, 3.63) is 32.9 Å². The lowest BCUT2D eigenvalue weighted by atomic mass is 10.1. The van der Waals surface area contributed by atoms with Gasteiger partial charge in [0.2, 0.25) is 5.91 Å². The van der Waals surface area contributed by atoms with E-state index in [1.165, 1.54) is 0 Å². The van der Waals surface area contributed by atoms with Crippen molar-refractivity contribution in [2.75, 3.05) is 18.0 Å². The number of anilines is 1. The van der Waals surface area contributed by atoms with E-state index in [-0.39, 0.29) is 11.8 Å². The van der Waals surface area contributed by atoms with Crippen molar-refractivity contribution in [1.82, 2.24) is 4.98 Å². The van der Waals surface area contributed by atoms with Gasteiger partial charge in [-0.3, -0.25) is 9.78 Å². The van der Waals surface area contributed by atoms with Crippen molar-refractivity contribution in [3.8, 4) is 0 Å². The van der Waals surface area contributed by atoms with E-state index in [0.29, 0.717) is 19.5 Å². The van der Waals surface area contributed by atoms with E-state index in [2.05, 4.69) is 30.9 Å². The third-order valence-electron chi connectivity index (χ3n) is 2.93. The number of carbonyl (C=O) groups is 1. The van der Waals surface area contributed by atoms with Crippen LogP contribution >= 0.6 is 15.9 Å². The van der Waals surface area contributed by atoms with Crippen LogP contribution in [0, 0.1) is 12.8 Å². The molecule has 1 atom stereocenters. The Morgan fingerprint density at radius 2 is 2.50 bits per heavy atom. The third kappa shape index (κ3) is 2.63. The topological polar surface area (TPSA) is 82.0 Å². The zero-order chi connectivity index (χ0) is 13.1. The van der Waals surface area contributed by atoms with Crippen LogP contribution in [-0.2, 0) is 4.79 Å². The Kier molecular flexibility index (Phi) is 3.84. The monoisotopic (exact) mass is 309 g/mol. The van der Waals surface area contributed by atoms with E-state index in [9.17, 15) is 4.79 Å². The van der Waals surface area contributed by atoms with Crippen LogP contribution in [0.5, 0.6) is 0 Å². The molecule has 0 spiro atoms. The van der Waals surface area contributed by atoms with E-state index in [0.717, 1.165) is 15.9 Å². The van der Waals surface area contributed by atoms with Gasteiger partial charge in [0, 0.05) is 28.9 Å². The Balaban J connectivity index is 2.16. The van der Waals surface area contributed by atoms with Crippen molar-refractivity contribution in [1.29, 1.82) is 0 Å². The molecule has 1 aromatic rings. The number of amides is 1. The quantitative estimate of drug-likeness (QED) is 0.488. The summed E-state index contributed by atoms with van der Waals surface area (Å²) in [6.45, 7) is 2.83. The van der Waals surface area contributed by atoms with Gasteiger partial charge in [0.1, 0.15) is 0 Å². The minimum absolute atomic E-state index is 0.0469. The van der Waals surface area contributed by atoms with E-state index < -0.39 is 0 Å². The number of halogens is 1. The Labute approximate surface area is 113 Å². The molecular formula is C11H12BrN5O. The lowest BCUT2D eigenvalue weighted by molar-refractivity contribution is -0.117. The molecular weight excluding hydrogens is 298 g/mol. The molecule has 1 aliphatic heterocycles. The number of aromatic nitrogens is 1. The molecule has 1 saturated heterocycles. The van der Waals surface area contributed by atoms with Crippen molar-refractivity contribution in [2.24, 2.45) is 11.0 Å². The molecule has 0 aliphatic carbocycles. The summed E-state index contributed by atoms with van der Waals surface area (Å²) < 4.78 is 0.881. The molecule has 0 N–H and O–H groups in total. The van der Waals surface area contributed by atoms with Gasteiger partial charge < -0.3 is 4.90 Å². The largest absolute Gasteiger partial charge is 0.311 e. The summed E-state index contributed by atoms with van der Waals surface area (Å²) >= 11 is 3.40. The first-order valence-corrected chi connectivity index (χ1v) is 6.34. The van der Waals surface area contributed by atoms with Crippen molar-refractivity contribution in [3.63, 3.8) is 0 Å². The first-order chi connectivity index (χ1) is 8.61. The summed E-state index contributed by atoms with van der Waals surface area (Å²) in [7, 11) is 0. The smallest absolute Gasteiger partial charge is 0.227 e. The zero-order valence-electron chi connectivity index (χ0n) is 9.88. The molecule has 94 valence electrons. The summed E-state index contributed by atoms with van der Waals surface area (Å²) in [5.41, 5.74) is 9.95. The van der Waals surface area contributed by atoms with Crippen LogP contribution in [0.4, 0.5) is 5.69 Å². The molecule has 1 aliphatic rings. The van der Waals surface area contributed by atoms with Gasteiger partial charge in [0.25, 0.3) is 0 Å². The van der Waals surface area contributed by atoms with Gasteiger partial charge in [0.05, 0.1) is 17.6 Å². The number of carbonyl (C=O) groups excluding carboxylic acids is 1. The average Bonchev–Trinajstić information content (AvgIpc) is 2.71. The van der Waals surface area contributed by atoms with Gasteiger partial charge in [-0.15, -0.1) is 0 Å². The lowest BCUT2D eigenvalue weighted by Gasteiger charge is -2.16. The van der Waals surface area contributed by atoms with Crippen LogP contribution in [0.1, 0.15) is 12.1 Å². The van der Waals surface area contributed by atoms with E-state index in [4.69, 9.17) is 5.53 Å². The average molecular weight is 310 g/mol. The number of nitrogens with zero attached hydrogens (tertiary/aromatic N) is 5. The number of pyridine rings is 1. The Bertz CT molecular complexity index is 526. The SMILES string of the molecule is Cc1ncc(N2CC(CN=[N+]=[N-])CC2=O)cc1Br. The van der Waals surface area contributed by atoms with Crippen LogP contribution in [0.15, 0.2) is 21.9 Å². The fraction of sp³-hybridized carbons (Fsp3) is 0.455. The Morgan fingerprint density at radius 1 is 1.72 bits per heavy atom. The maximum absolute atomic E-state index is 11.9. The van der Waals surface area contributed by atoms with Crippen molar-refractivity contribution >= 4 is 27.5 Å². The van der Waals surface area contributed by atoms with Crippen LogP contribution in [-0.4, -0.2) is 24.0 Å². The van der Waals surface area contributed by atoms with Gasteiger partial charge in [-0.1, -0.05) is 5.11 Å². The molecule has 1 unspecified atom stereocenters. The molecule has 0 aromatic carbocycles. The van der Waals surface area contributed by atoms with Gasteiger partial charge in [-0.2, -0.15) is 0 Å². The molecule has 0 bridgehead atoms. The number of hydrogen-bond donors (Lipinski definition) is 0. The molecule has 0 radical (unpaired) electrons. The first kappa shape index (κ1) is 12.9. The van der Waals surface area contributed by atoms with Crippen LogP contribution in [0.3, 0.4) is 0 Å². The summed E-state index contributed by atoms with van der Waals surface area (Å²) in [4.78, 5) is 20.5. The highest BCUT2D eigenvalue weighted by Crippen LogP contribution is 2.27.